The van der Waals surface area contributed by atoms with E-state index in [0.29, 0.717) is 11.4 Å². The van der Waals surface area contributed by atoms with Crippen molar-refractivity contribution in [2.45, 2.75) is 6.42 Å². The van der Waals surface area contributed by atoms with Crippen LogP contribution >= 0.6 is 0 Å². The molecule has 1 N–H and O–H groups in total. The number of likely N-dealkylation sites (tertiary alicyclic amines) is 1. The highest BCUT2D eigenvalue weighted by atomic mass is 16.5. The lowest BCUT2D eigenvalue weighted by Gasteiger charge is -2.17. The number of amides is 3. The lowest BCUT2D eigenvalue weighted by Crippen LogP contribution is -2.39. The fourth-order valence-corrected chi connectivity index (χ4v) is 4.69. The summed E-state index contributed by atoms with van der Waals surface area (Å²) < 4.78 is 5.73. The maximum absolute atomic E-state index is 12.7. The van der Waals surface area contributed by atoms with E-state index in [2.05, 4.69) is 5.32 Å². The molecule has 4 atom stereocenters. The quantitative estimate of drug-likeness (QED) is 0.630. The van der Waals surface area contributed by atoms with Gasteiger partial charge in [0, 0.05) is 5.69 Å². The van der Waals surface area contributed by atoms with Crippen LogP contribution in [0.25, 0.3) is 0 Å². The van der Waals surface area contributed by atoms with Crippen molar-refractivity contribution in [3.05, 3.63) is 66.7 Å². The van der Waals surface area contributed by atoms with E-state index in [-0.39, 0.29) is 47.9 Å². The highest BCUT2D eigenvalue weighted by molar-refractivity contribution is 6.09. The summed E-state index contributed by atoms with van der Waals surface area (Å²) in [6.07, 6.45) is 4.96. The zero-order chi connectivity index (χ0) is 20.0. The van der Waals surface area contributed by atoms with Crippen LogP contribution in [0.1, 0.15) is 6.42 Å². The van der Waals surface area contributed by atoms with E-state index in [1.165, 1.54) is 0 Å². The van der Waals surface area contributed by atoms with Crippen LogP contribution < -0.4 is 10.1 Å². The molecule has 2 aliphatic carbocycles. The third-order valence-electron chi connectivity index (χ3n) is 5.98. The van der Waals surface area contributed by atoms with Crippen LogP contribution in [0.2, 0.25) is 0 Å². The van der Waals surface area contributed by atoms with E-state index in [4.69, 9.17) is 4.74 Å². The monoisotopic (exact) mass is 388 g/mol. The molecule has 2 aromatic carbocycles. The van der Waals surface area contributed by atoms with Gasteiger partial charge in [-0.1, -0.05) is 30.4 Å². The van der Waals surface area contributed by atoms with Gasteiger partial charge in [-0.25, -0.2) is 0 Å². The average molecular weight is 388 g/mol. The first-order valence-corrected chi connectivity index (χ1v) is 9.76. The summed E-state index contributed by atoms with van der Waals surface area (Å²) in [6, 6.07) is 16.4. The summed E-state index contributed by atoms with van der Waals surface area (Å²) >= 11 is 0. The van der Waals surface area contributed by atoms with Crippen LogP contribution in [-0.4, -0.2) is 29.2 Å². The summed E-state index contributed by atoms with van der Waals surface area (Å²) in [5.41, 5.74) is 0.580. The fourth-order valence-electron chi connectivity index (χ4n) is 4.69. The Morgan fingerprint density at radius 2 is 1.48 bits per heavy atom. The Kier molecular flexibility index (Phi) is 4.19. The number of nitrogens with one attached hydrogen (secondary N) is 1. The summed E-state index contributed by atoms with van der Waals surface area (Å²) in [5, 5.41) is 2.75. The van der Waals surface area contributed by atoms with Gasteiger partial charge in [0.2, 0.25) is 17.7 Å². The van der Waals surface area contributed by atoms with E-state index < -0.39 is 0 Å². The summed E-state index contributed by atoms with van der Waals surface area (Å²) in [6.45, 7) is -0.244. The second kappa shape index (κ2) is 6.88. The predicted molar refractivity (Wildman–Crippen MR) is 106 cm³/mol. The number of carbonyl (C=O) groups excluding carboxylic acids is 3. The second-order valence-corrected chi connectivity index (χ2v) is 7.75. The number of ether oxygens (including phenoxy) is 1. The molecular formula is C23H20N2O4. The van der Waals surface area contributed by atoms with Gasteiger partial charge in [0.25, 0.3) is 0 Å². The Labute approximate surface area is 168 Å². The third-order valence-corrected chi connectivity index (χ3v) is 5.98. The van der Waals surface area contributed by atoms with Gasteiger partial charge >= 0.3 is 0 Å². The summed E-state index contributed by atoms with van der Waals surface area (Å²) in [4.78, 5) is 38.9. The van der Waals surface area contributed by atoms with Gasteiger partial charge in [0.1, 0.15) is 18.0 Å². The SMILES string of the molecule is O=C(CN1C(=O)[C@@H]2[C@@H](C1=O)[C@H]1C=C[C@@H]2C1)Nc1ccc(Oc2ccccc2)cc1. The molecule has 1 saturated carbocycles. The Balaban J connectivity index is 1.20. The largest absolute Gasteiger partial charge is 0.457 e. The zero-order valence-electron chi connectivity index (χ0n) is 15.7. The molecule has 0 aromatic heterocycles. The molecule has 3 amide bonds. The topological polar surface area (TPSA) is 75.7 Å². The molecule has 6 heteroatoms. The molecule has 1 aliphatic heterocycles. The third kappa shape index (κ3) is 3.10. The first kappa shape index (κ1) is 17.7. The first-order valence-electron chi connectivity index (χ1n) is 9.76. The van der Waals surface area contributed by atoms with Gasteiger partial charge in [-0.2, -0.15) is 0 Å². The first-order chi connectivity index (χ1) is 14.1. The van der Waals surface area contributed by atoms with Crippen LogP contribution in [0, 0.1) is 23.7 Å². The van der Waals surface area contributed by atoms with Crippen molar-refractivity contribution < 1.29 is 19.1 Å². The van der Waals surface area contributed by atoms with Crippen LogP contribution in [0.3, 0.4) is 0 Å². The van der Waals surface area contributed by atoms with E-state index in [9.17, 15) is 14.4 Å². The van der Waals surface area contributed by atoms with Gasteiger partial charge in [-0.05, 0) is 54.7 Å². The van der Waals surface area contributed by atoms with Crippen LogP contribution in [-0.2, 0) is 14.4 Å². The number of imide groups is 1. The maximum Gasteiger partial charge on any atom is 0.244 e. The van der Waals surface area contributed by atoms with E-state index in [1.807, 2.05) is 42.5 Å². The zero-order valence-corrected chi connectivity index (χ0v) is 15.7. The Morgan fingerprint density at radius 1 is 0.897 bits per heavy atom. The molecule has 0 radical (unpaired) electrons. The fraction of sp³-hybridized carbons (Fsp3) is 0.261. The molecule has 2 bridgehead atoms. The Bertz CT molecular complexity index is 969. The predicted octanol–water partition coefficient (Wildman–Crippen LogP) is 3.22. The molecule has 2 fully saturated rings. The molecule has 5 rings (SSSR count). The number of hydrogen-bond donors (Lipinski definition) is 1. The second-order valence-electron chi connectivity index (χ2n) is 7.75. The van der Waals surface area contributed by atoms with Crippen molar-refractivity contribution in [2.24, 2.45) is 23.7 Å². The number of benzene rings is 2. The highest BCUT2D eigenvalue weighted by Crippen LogP contribution is 2.52. The number of allylic oxidation sites excluding steroid dienone is 2. The minimum atomic E-state index is -0.385. The molecule has 1 heterocycles. The van der Waals surface area contributed by atoms with Crippen LogP contribution in [0.5, 0.6) is 11.5 Å². The standard InChI is InChI=1S/C23H20N2O4/c26-19(13-25-22(27)20-14-6-7-15(12-14)21(20)23(25)28)24-16-8-10-18(11-9-16)29-17-4-2-1-3-5-17/h1-11,14-15,20-21H,12-13H2,(H,24,26)/t14-,15+,20-,21-/m0/s1. The number of hydrogen-bond acceptors (Lipinski definition) is 4. The number of para-hydroxylation sites is 1. The molecule has 1 saturated heterocycles. The number of carbonyl (C=O) groups is 3. The number of rotatable bonds is 5. The lowest BCUT2D eigenvalue weighted by atomic mass is 9.85. The van der Waals surface area contributed by atoms with Crippen LogP contribution in [0.4, 0.5) is 5.69 Å². The summed E-state index contributed by atoms with van der Waals surface area (Å²) in [7, 11) is 0. The van der Waals surface area contributed by atoms with Gasteiger partial charge < -0.3 is 10.1 Å². The van der Waals surface area contributed by atoms with Gasteiger partial charge in [0.15, 0.2) is 0 Å². The van der Waals surface area contributed by atoms with Crippen molar-refractivity contribution >= 4 is 23.4 Å². The highest BCUT2D eigenvalue weighted by Gasteiger charge is 2.59. The molecule has 146 valence electrons. The Hall–Kier alpha value is -3.41. The minimum Gasteiger partial charge on any atom is -0.457 e. The van der Waals surface area contributed by atoms with E-state index in [1.54, 1.807) is 24.3 Å². The Morgan fingerprint density at radius 3 is 2.10 bits per heavy atom. The molecule has 0 unspecified atom stereocenters. The number of nitrogens with zero attached hydrogens (tertiary/aromatic N) is 1. The lowest BCUT2D eigenvalue weighted by molar-refractivity contribution is -0.143. The number of fused-ring (bicyclic) bond motifs is 5. The van der Waals surface area contributed by atoms with Crippen molar-refractivity contribution in [3.8, 4) is 11.5 Å². The van der Waals surface area contributed by atoms with Crippen molar-refractivity contribution in [1.82, 2.24) is 4.90 Å². The van der Waals surface area contributed by atoms with E-state index >= 15 is 0 Å². The maximum atomic E-state index is 12.7. The average Bonchev–Trinajstić information content (AvgIpc) is 3.40. The van der Waals surface area contributed by atoms with Crippen molar-refractivity contribution in [3.63, 3.8) is 0 Å². The van der Waals surface area contributed by atoms with Crippen molar-refractivity contribution in [1.29, 1.82) is 0 Å². The summed E-state index contributed by atoms with van der Waals surface area (Å²) in [5.74, 6) is 0.304. The normalized spacial score (nSPS) is 26.7. The van der Waals surface area contributed by atoms with Gasteiger partial charge in [0.05, 0.1) is 11.8 Å². The molecule has 0 spiro atoms. The smallest absolute Gasteiger partial charge is 0.244 e. The van der Waals surface area contributed by atoms with Gasteiger partial charge in [-0.15, -0.1) is 0 Å². The molecular weight excluding hydrogens is 368 g/mol. The van der Waals surface area contributed by atoms with E-state index in [0.717, 1.165) is 17.1 Å². The molecule has 6 nitrogen and oxygen atoms in total. The number of anilines is 1. The molecule has 29 heavy (non-hydrogen) atoms. The molecule has 3 aliphatic rings. The van der Waals surface area contributed by atoms with Gasteiger partial charge in [-0.3, -0.25) is 19.3 Å². The minimum absolute atomic E-state index is 0.145. The molecule has 2 aromatic rings. The van der Waals surface area contributed by atoms with Crippen molar-refractivity contribution in [2.75, 3.05) is 11.9 Å². The van der Waals surface area contributed by atoms with Crippen LogP contribution in [0.15, 0.2) is 66.7 Å².